The zero-order chi connectivity index (χ0) is 7.40. The molecule has 0 saturated carbocycles. The number of amides is 1. The summed E-state index contributed by atoms with van der Waals surface area (Å²) in [6, 6.07) is 0. The lowest BCUT2D eigenvalue weighted by Crippen LogP contribution is -2.37. The van der Waals surface area contributed by atoms with Gasteiger partial charge in [-0.25, -0.2) is 0 Å². The van der Waals surface area contributed by atoms with Gasteiger partial charge in [-0.1, -0.05) is 0 Å². The van der Waals surface area contributed by atoms with Crippen molar-refractivity contribution in [3.05, 3.63) is 0 Å². The van der Waals surface area contributed by atoms with Gasteiger partial charge >= 0.3 is 0 Å². The van der Waals surface area contributed by atoms with Crippen LogP contribution >= 0.6 is 0 Å². The normalized spacial score (nSPS) is 19.7. The minimum absolute atomic E-state index is 0.235. The fourth-order valence-corrected chi connectivity index (χ4v) is 1.23. The molecule has 1 saturated heterocycles. The molecule has 0 atom stereocenters. The number of rotatable bonds is 2. The predicted molar refractivity (Wildman–Crippen MR) is 38.4 cm³/mol. The SMILES string of the molecule is [NH]CCN1CCCCC1=O. The fraction of sp³-hybridized carbons (Fsp3) is 0.857. The molecule has 0 unspecified atom stereocenters. The maximum atomic E-state index is 11.0. The Kier molecular flexibility index (Phi) is 2.68. The first-order chi connectivity index (χ1) is 4.84. The first-order valence-corrected chi connectivity index (χ1v) is 3.77. The largest absolute Gasteiger partial charge is 0.341 e. The van der Waals surface area contributed by atoms with Gasteiger partial charge < -0.3 is 4.90 Å². The van der Waals surface area contributed by atoms with E-state index in [0.717, 1.165) is 19.4 Å². The standard InChI is InChI=1S/C7H13N2O/c8-4-6-9-5-2-1-3-7(9)10/h8H,1-6H2. The zero-order valence-corrected chi connectivity index (χ0v) is 6.10. The number of hydrogen-bond donors (Lipinski definition) is 0. The van der Waals surface area contributed by atoms with Gasteiger partial charge in [-0.05, 0) is 12.8 Å². The average Bonchev–Trinajstić information content (AvgIpc) is 1.94. The van der Waals surface area contributed by atoms with Gasteiger partial charge in [0.2, 0.25) is 5.91 Å². The van der Waals surface area contributed by atoms with Crippen molar-refractivity contribution in [2.24, 2.45) is 0 Å². The van der Waals surface area contributed by atoms with Gasteiger partial charge in [-0.3, -0.25) is 10.5 Å². The molecule has 0 aromatic heterocycles. The quantitative estimate of drug-likeness (QED) is 0.544. The number of likely N-dealkylation sites (tertiary alicyclic amines) is 1. The van der Waals surface area contributed by atoms with Crippen LogP contribution in [0, 0.1) is 0 Å². The van der Waals surface area contributed by atoms with Crippen LogP contribution in [0.15, 0.2) is 0 Å². The van der Waals surface area contributed by atoms with Gasteiger partial charge in [0.1, 0.15) is 0 Å². The molecule has 1 fully saturated rings. The van der Waals surface area contributed by atoms with Crippen LogP contribution in [0.4, 0.5) is 0 Å². The molecule has 57 valence electrons. The minimum atomic E-state index is 0.235. The maximum absolute atomic E-state index is 11.0. The molecule has 0 bridgehead atoms. The van der Waals surface area contributed by atoms with E-state index in [-0.39, 0.29) is 5.91 Å². The molecule has 1 radical (unpaired) electrons. The van der Waals surface area contributed by atoms with Crippen LogP contribution in [0.25, 0.3) is 0 Å². The molecule has 0 aromatic rings. The van der Waals surface area contributed by atoms with Crippen LogP contribution < -0.4 is 5.73 Å². The van der Waals surface area contributed by atoms with E-state index in [0.29, 0.717) is 19.5 Å². The summed E-state index contributed by atoms with van der Waals surface area (Å²) < 4.78 is 0. The van der Waals surface area contributed by atoms with Crippen molar-refractivity contribution in [3.63, 3.8) is 0 Å². The number of nitrogens with zero attached hydrogens (tertiary/aromatic N) is 1. The molecule has 0 aliphatic carbocycles. The molecule has 1 heterocycles. The van der Waals surface area contributed by atoms with E-state index in [9.17, 15) is 4.79 Å². The Balaban J connectivity index is 2.32. The number of carbonyl (C=O) groups is 1. The van der Waals surface area contributed by atoms with Crippen molar-refractivity contribution in [2.45, 2.75) is 19.3 Å². The lowest BCUT2D eigenvalue weighted by atomic mass is 10.1. The van der Waals surface area contributed by atoms with E-state index in [2.05, 4.69) is 0 Å². The predicted octanol–water partition coefficient (Wildman–Crippen LogP) is 0.282. The Bertz CT molecular complexity index is 123. The van der Waals surface area contributed by atoms with Crippen molar-refractivity contribution in [1.82, 2.24) is 10.6 Å². The molecule has 3 nitrogen and oxygen atoms in total. The van der Waals surface area contributed by atoms with Gasteiger partial charge in [0, 0.05) is 26.1 Å². The molecule has 3 heteroatoms. The Morgan fingerprint density at radius 1 is 1.50 bits per heavy atom. The van der Waals surface area contributed by atoms with Crippen LogP contribution in [0.5, 0.6) is 0 Å². The Morgan fingerprint density at radius 3 is 2.90 bits per heavy atom. The van der Waals surface area contributed by atoms with Gasteiger partial charge in [0.05, 0.1) is 0 Å². The molecule has 1 aliphatic heterocycles. The second-order valence-corrected chi connectivity index (χ2v) is 2.59. The third kappa shape index (κ3) is 1.70. The molecule has 0 spiro atoms. The van der Waals surface area contributed by atoms with E-state index in [1.165, 1.54) is 0 Å². The zero-order valence-electron chi connectivity index (χ0n) is 6.10. The maximum Gasteiger partial charge on any atom is 0.222 e. The summed E-state index contributed by atoms with van der Waals surface area (Å²) in [4.78, 5) is 12.8. The lowest BCUT2D eigenvalue weighted by molar-refractivity contribution is -0.133. The third-order valence-corrected chi connectivity index (χ3v) is 1.80. The fourth-order valence-electron chi connectivity index (χ4n) is 1.23. The first kappa shape index (κ1) is 7.54. The lowest BCUT2D eigenvalue weighted by Gasteiger charge is -2.25. The minimum Gasteiger partial charge on any atom is -0.341 e. The van der Waals surface area contributed by atoms with Crippen LogP contribution in [0.2, 0.25) is 0 Å². The number of nitrogens with one attached hydrogen (secondary N) is 1. The number of hydrogen-bond acceptors (Lipinski definition) is 1. The summed E-state index contributed by atoms with van der Waals surface area (Å²) in [6.45, 7) is 1.84. The third-order valence-electron chi connectivity index (χ3n) is 1.80. The summed E-state index contributed by atoms with van der Waals surface area (Å²) in [5, 5.41) is 0. The van der Waals surface area contributed by atoms with E-state index < -0.39 is 0 Å². The summed E-state index contributed by atoms with van der Waals surface area (Å²) in [5.41, 5.74) is 6.94. The molecule has 1 amide bonds. The molecule has 1 aliphatic rings. The van der Waals surface area contributed by atoms with Crippen molar-refractivity contribution >= 4 is 5.91 Å². The summed E-state index contributed by atoms with van der Waals surface area (Å²) in [7, 11) is 0. The van der Waals surface area contributed by atoms with E-state index in [4.69, 9.17) is 5.73 Å². The van der Waals surface area contributed by atoms with Crippen LogP contribution in [0.3, 0.4) is 0 Å². The van der Waals surface area contributed by atoms with Gasteiger partial charge in [0.25, 0.3) is 0 Å². The summed E-state index contributed by atoms with van der Waals surface area (Å²) in [6.07, 6.45) is 2.85. The first-order valence-electron chi connectivity index (χ1n) is 3.77. The highest BCUT2D eigenvalue weighted by Crippen LogP contribution is 2.08. The average molecular weight is 141 g/mol. The molecule has 1 rings (SSSR count). The van der Waals surface area contributed by atoms with Gasteiger partial charge in [0.15, 0.2) is 0 Å². The van der Waals surface area contributed by atoms with Gasteiger partial charge in [-0.15, -0.1) is 0 Å². The highest BCUT2D eigenvalue weighted by atomic mass is 16.2. The van der Waals surface area contributed by atoms with Crippen LogP contribution in [-0.4, -0.2) is 30.4 Å². The monoisotopic (exact) mass is 141 g/mol. The number of carbonyl (C=O) groups excluding carboxylic acids is 1. The second kappa shape index (κ2) is 3.56. The second-order valence-electron chi connectivity index (χ2n) is 2.59. The molecule has 10 heavy (non-hydrogen) atoms. The van der Waals surface area contributed by atoms with Crippen molar-refractivity contribution in [3.8, 4) is 0 Å². The van der Waals surface area contributed by atoms with Gasteiger partial charge in [-0.2, -0.15) is 0 Å². The Hall–Kier alpha value is -0.570. The summed E-state index contributed by atoms with van der Waals surface area (Å²) >= 11 is 0. The highest BCUT2D eigenvalue weighted by molar-refractivity contribution is 5.76. The van der Waals surface area contributed by atoms with Crippen LogP contribution in [-0.2, 0) is 4.79 Å². The summed E-state index contributed by atoms with van der Waals surface area (Å²) in [5.74, 6) is 0.235. The highest BCUT2D eigenvalue weighted by Gasteiger charge is 2.16. The molecular weight excluding hydrogens is 128 g/mol. The topological polar surface area (TPSA) is 44.1 Å². The van der Waals surface area contributed by atoms with E-state index in [1.54, 1.807) is 4.90 Å². The van der Waals surface area contributed by atoms with Crippen LogP contribution in [0.1, 0.15) is 19.3 Å². The van der Waals surface area contributed by atoms with E-state index in [1.807, 2.05) is 0 Å². The molecule has 1 N–H and O–H groups in total. The number of piperidine rings is 1. The molecule has 0 aromatic carbocycles. The van der Waals surface area contributed by atoms with Crippen molar-refractivity contribution < 1.29 is 4.79 Å². The van der Waals surface area contributed by atoms with Crippen molar-refractivity contribution in [2.75, 3.05) is 19.6 Å². The Morgan fingerprint density at radius 2 is 2.30 bits per heavy atom. The molecular formula is C7H13N2O. The Labute approximate surface area is 61.2 Å². The smallest absolute Gasteiger partial charge is 0.222 e. The van der Waals surface area contributed by atoms with E-state index >= 15 is 0 Å². The van der Waals surface area contributed by atoms with Crippen molar-refractivity contribution in [1.29, 1.82) is 0 Å².